The summed E-state index contributed by atoms with van der Waals surface area (Å²) in [7, 11) is 2.08. The van der Waals surface area contributed by atoms with Gasteiger partial charge < -0.3 is 4.90 Å². The molecule has 2 rings (SSSR count). The van der Waals surface area contributed by atoms with Gasteiger partial charge in [-0.2, -0.15) is 0 Å². The molecule has 100 valence electrons. The fraction of sp³-hybridized carbons (Fsp3) is 0.267. The van der Waals surface area contributed by atoms with Crippen molar-refractivity contribution < 1.29 is 0 Å². The van der Waals surface area contributed by atoms with Gasteiger partial charge in [0.05, 0.1) is 5.88 Å². The van der Waals surface area contributed by atoms with Crippen LogP contribution in [0.25, 0.3) is 0 Å². The maximum absolute atomic E-state index is 5.98. The molecule has 0 aliphatic carbocycles. The molecule has 4 heteroatoms. The normalized spacial score (nSPS) is 10.5. The molecule has 1 aromatic heterocycles. The van der Waals surface area contributed by atoms with Gasteiger partial charge in [-0.25, -0.2) is 0 Å². The highest BCUT2D eigenvalue weighted by Gasteiger charge is 2.08. The van der Waals surface area contributed by atoms with Crippen LogP contribution in [-0.2, 0) is 12.4 Å². The van der Waals surface area contributed by atoms with Crippen LogP contribution in [-0.4, -0.2) is 12.0 Å². The Kier molecular flexibility index (Phi) is 4.83. The van der Waals surface area contributed by atoms with Crippen molar-refractivity contribution in [2.45, 2.75) is 19.3 Å². The Labute approximate surface area is 127 Å². The van der Waals surface area contributed by atoms with Crippen LogP contribution in [0.1, 0.15) is 16.8 Å². The quantitative estimate of drug-likeness (QED) is 0.761. The highest BCUT2D eigenvalue weighted by molar-refractivity contribution is 9.10. The molecule has 0 spiro atoms. The molecule has 0 bridgehead atoms. The number of aryl methyl sites for hydroxylation is 1. The maximum Gasteiger partial charge on any atom is 0.0509 e. The second-order valence-electron chi connectivity index (χ2n) is 4.57. The van der Waals surface area contributed by atoms with Crippen LogP contribution in [0.2, 0.25) is 0 Å². The van der Waals surface area contributed by atoms with Gasteiger partial charge in [0.1, 0.15) is 0 Å². The van der Waals surface area contributed by atoms with Crippen molar-refractivity contribution in [3.8, 4) is 0 Å². The first-order valence-corrected chi connectivity index (χ1v) is 7.40. The summed E-state index contributed by atoms with van der Waals surface area (Å²) in [6, 6.07) is 10.4. The number of pyridine rings is 1. The first-order valence-electron chi connectivity index (χ1n) is 6.07. The van der Waals surface area contributed by atoms with Crippen LogP contribution in [0.3, 0.4) is 0 Å². The minimum Gasteiger partial charge on any atom is -0.370 e. The number of benzene rings is 1. The monoisotopic (exact) mass is 338 g/mol. The minimum absolute atomic E-state index is 0.479. The fourth-order valence-electron chi connectivity index (χ4n) is 1.98. The van der Waals surface area contributed by atoms with Crippen molar-refractivity contribution in [2.75, 3.05) is 11.9 Å². The topological polar surface area (TPSA) is 16.1 Å². The van der Waals surface area contributed by atoms with Gasteiger partial charge in [0, 0.05) is 41.2 Å². The van der Waals surface area contributed by atoms with Crippen LogP contribution in [0.4, 0.5) is 5.69 Å². The van der Waals surface area contributed by atoms with E-state index in [4.69, 9.17) is 11.6 Å². The lowest BCUT2D eigenvalue weighted by atomic mass is 10.1. The average Bonchev–Trinajstić information content (AvgIpc) is 2.41. The van der Waals surface area contributed by atoms with Crippen LogP contribution in [0.5, 0.6) is 0 Å². The molecule has 2 aromatic rings. The van der Waals surface area contributed by atoms with Gasteiger partial charge in [0.15, 0.2) is 0 Å². The predicted molar refractivity (Wildman–Crippen MR) is 84.8 cm³/mol. The standard InChI is InChI=1S/C15H16BrClN2/c1-11-7-15(13(8-17)9-18-11)19(2)10-12-3-5-14(16)6-4-12/h3-7,9H,8,10H2,1-2H3. The zero-order valence-corrected chi connectivity index (χ0v) is 13.4. The van der Waals surface area contributed by atoms with E-state index in [2.05, 4.69) is 63.2 Å². The van der Waals surface area contributed by atoms with Crippen molar-refractivity contribution >= 4 is 33.2 Å². The number of hydrogen-bond acceptors (Lipinski definition) is 2. The minimum atomic E-state index is 0.479. The van der Waals surface area contributed by atoms with E-state index in [1.165, 1.54) is 5.56 Å². The van der Waals surface area contributed by atoms with Crippen LogP contribution >= 0.6 is 27.5 Å². The Balaban J connectivity index is 2.21. The van der Waals surface area contributed by atoms with Gasteiger partial charge in [-0.1, -0.05) is 28.1 Å². The highest BCUT2D eigenvalue weighted by Crippen LogP contribution is 2.23. The summed E-state index contributed by atoms with van der Waals surface area (Å²) < 4.78 is 1.10. The Hall–Kier alpha value is -1.06. The predicted octanol–water partition coefficient (Wildman–Crippen LogP) is 4.53. The summed E-state index contributed by atoms with van der Waals surface area (Å²) in [6.07, 6.45) is 1.86. The number of halogens is 2. The lowest BCUT2D eigenvalue weighted by Crippen LogP contribution is -2.18. The number of alkyl halides is 1. The second-order valence-corrected chi connectivity index (χ2v) is 5.75. The molecular formula is C15H16BrClN2. The number of anilines is 1. The average molecular weight is 340 g/mol. The number of hydrogen-bond donors (Lipinski definition) is 0. The molecular weight excluding hydrogens is 324 g/mol. The molecule has 0 aliphatic heterocycles. The lowest BCUT2D eigenvalue weighted by molar-refractivity contribution is 0.909. The molecule has 1 heterocycles. The van der Waals surface area contributed by atoms with Gasteiger partial charge in [0.2, 0.25) is 0 Å². The Morgan fingerprint density at radius 3 is 2.58 bits per heavy atom. The van der Waals surface area contributed by atoms with Crippen molar-refractivity contribution in [1.29, 1.82) is 0 Å². The van der Waals surface area contributed by atoms with E-state index in [-0.39, 0.29) is 0 Å². The number of rotatable bonds is 4. The van der Waals surface area contributed by atoms with E-state index in [1.807, 2.05) is 13.1 Å². The molecule has 0 saturated heterocycles. The molecule has 0 atom stereocenters. The zero-order valence-electron chi connectivity index (χ0n) is 11.0. The maximum atomic E-state index is 5.98. The molecule has 0 amide bonds. The van der Waals surface area contributed by atoms with Gasteiger partial charge in [-0.15, -0.1) is 11.6 Å². The molecule has 2 nitrogen and oxygen atoms in total. The smallest absolute Gasteiger partial charge is 0.0509 e. The van der Waals surface area contributed by atoms with Gasteiger partial charge >= 0.3 is 0 Å². The van der Waals surface area contributed by atoms with E-state index >= 15 is 0 Å². The number of nitrogens with zero attached hydrogens (tertiary/aromatic N) is 2. The molecule has 0 unspecified atom stereocenters. The van der Waals surface area contributed by atoms with Gasteiger partial charge in [-0.3, -0.25) is 4.98 Å². The SMILES string of the molecule is Cc1cc(N(C)Cc2ccc(Br)cc2)c(CCl)cn1. The third-order valence-corrected chi connectivity index (χ3v) is 3.80. The molecule has 0 N–H and O–H groups in total. The summed E-state index contributed by atoms with van der Waals surface area (Å²) in [5, 5.41) is 0. The molecule has 19 heavy (non-hydrogen) atoms. The van der Waals surface area contributed by atoms with Crippen molar-refractivity contribution in [1.82, 2.24) is 4.98 Å². The summed E-state index contributed by atoms with van der Waals surface area (Å²) in [5.41, 5.74) is 4.48. The third-order valence-electron chi connectivity index (χ3n) is 2.99. The third kappa shape index (κ3) is 3.71. The van der Waals surface area contributed by atoms with E-state index in [0.717, 1.165) is 28.0 Å². The highest BCUT2D eigenvalue weighted by atomic mass is 79.9. The van der Waals surface area contributed by atoms with Crippen LogP contribution in [0, 0.1) is 6.92 Å². The van der Waals surface area contributed by atoms with Crippen LogP contribution < -0.4 is 4.90 Å². The molecule has 0 aliphatic rings. The number of aromatic nitrogens is 1. The van der Waals surface area contributed by atoms with Crippen molar-refractivity contribution in [3.63, 3.8) is 0 Å². The first kappa shape index (κ1) is 14.4. The molecule has 1 aromatic carbocycles. The largest absolute Gasteiger partial charge is 0.370 e. The zero-order chi connectivity index (χ0) is 13.8. The van der Waals surface area contributed by atoms with E-state index < -0.39 is 0 Å². The van der Waals surface area contributed by atoms with E-state index in [9.17, 15) is 0 Å². The molecule has 0 saturated carbocycles. The van der Waals surface area contributed by atoms with Crippen molar-refractivity contribution in [3.05, 3.63) is 57.8 Å². The first-order chi connectivity index (χ1) is 9.10. The summed E-state index contributed by atoms with van der Waals surface area (Å²) >= 11 is 9.43. The van der Waals surface area contributed by atoms with Crippen LogP contribution in [0.15, 0.2) is 41.0 Å². The summed E-state index contributed by atoms with van der Waals surface area (Å²) in [4.78, 5) is 6.50. The summed E-state index contributed by atoms with van der Waals surface area (Å²) in [5.74, 6) is 0.479. The van der Waals surface area contributed by atoms with Gasteiger partial charge in [-0.05, 0) is 30.7 Å². The second kappa shape index (κ2) is 6.40. The fourth-order valence-corrected chi connectivity index (χ4v) is 2.45. The van der Waals surface area contributed by atoms with Gasteiger partial charge in [0.25, 0.3) is 0 Å². The Morgan fingerprint density at radius 2 is 1.95 bits per heavy atom. The summed E-state index contributed by atoms with van der Waals surface area (Å²) in [6.45, 7) is 2.84. The molecule has 0 fully saturated rings. The van der Waals surface area contributed by atoms with E-state index in [1.54, 1.807) is 0 Å². The Bertz CT molecular complexity index is 555. The van der Waals surface area contributed by atoms with Crippen molar-refractivity contribution in [2.24, 2.45) is 0 Å². The lowest BCUT2D eigenvalue weighted by Gasteiger charge is -2.22. The van der Waals surface area contributed by atoms with E-state index in [0.29, 0.717) is 5.88 Å². The Morgan fingerprint density at radius 1 is 1.26 bits per heavy atom. The molecule has 0 radical (unpaired) electrons.